The zero-order valence-corrected chi connectivity index (χ0v) is 18.4. The lowest BCUT2D eigenvalue weighted by Gasteiger charge is -2.04. The lowest BCUT2D eigenvalue weighted by molar-refractivity contribution is -0.120. The molecule has 8 nitrogen and oxygen atoms in total. The van der Waals surface area contributed by atoms with Crippen LogP contribution < -0.4 is 10.6 Å². The molecule has 9 heteroatoms. The summed E-state index contributed by atoms with van der Waals surface area (Å²) in [4.78, 5) is 28.5. The maximum Gasteiger partial charge on any atom is 0.293 e. The Morgan fingerprint density at radius 2 is 2.00 bits per heavy atom. The Morgan fingerprint density at radius 1 is 1.16 bits per heavy atom. The molecule has 4 rings (SSSR count). The molecule has 3 heterocycles. The Kier molecular flexibility index (Phi) is 6.76. The minimum atomic E-state index is -0.369. The number of carbonyl (C=O) groups excluding carboxylic acids is 2. The number of nitrogens with zero attached hydrogens (tertiary/aromatic N) is 3. The zero-order chi connectivity index (χ0) is 22.3. The number of hydrogen-bond acceptors (Lipinski definition) is 6. The first-order valence-electron chi connectivity index (χ1n) is 10.2. The lowest BCUT2D eigenvalue weighted by atomic mass is 10.1. The number of aromatic nitrogens is 3. The number of anilines is 1. The minimum Gasteiger partial charge on any atom is -0.459 e. The fourth-order valence-electron chi connectivity index (χ4n) is 3.20. The van der Waals surface area contributed by atoms with E-state index in [2.05, 4.69) is 20.7 Å². The topological polar surface area (TPSA) is 102 Å². The number of nitrogens with one attached hydrogen (secondary N) is 2. The number of furan rings is 1. The van der Waals surface area contributed by atoms with E-state index in [4.69, 9.17) is 4.42 Å². The molecule has 2 N–H and O–H groups in total. The summed E-state index contributed by atoms with van der Waals surface area (Å²) in [6.45, 7) is 2.57. The Hall–Kier alpha value is -3.72. The smallest absolute Gasteiger partial charge is 0.293 e. The summed E-state index contributed by atoms with van der Waals surface area (Å²) in [6.07, 6.45) is 5.29. The first-order chi connectivity index (χ1) is 15.6. The molecule has 2 amide bonds. The van der Waals surface area contributed by atoms with Crippen LogP contribution in [-0.2, 0) is 17.6 Å². The van der Waals surface area contributed by atoms with Gasteiger partial charge in [-0.15, -0.1) is 11.3 Å². The number of rotatable bonds is 9. The highest BCUT2D eigenvalue weighted by Gasteiger charge is 2.13. The van der Waals surface area contributed by atoms with Gasteiger partial charge in [0.2, 0.25) is 5.91 Å². The summed E-state index contributed by atoms with van der Waals surface area (Å²) in [6, 6.07) is 13.2. The Morgan fingerprint density at radius 3 is 2.78 bits per heavy atom. The van der Waals surface area contributed by atoms with E-state index < -0.39 is 0 Å². The maximum absolute atomic E-state index is 12.2. The van der Waals surface area contributed by atoms with E-state index in [-0.39, 0.29) is 24.0 Å². The third kappa shape index (κ3) is 5.50. The second-order valence-electron chi connectivity index (χ2n) is 7.23. The van der Waals surface area contributed by atoms with Crippen molar-refractivity contribution < 1.29 is 14.0 Å². The second kappa shape index (κ2) is 10.1. The molecule has 0 saturated carbocycles. The van der Waals surface area contributed by atoms with Crippen LogP contribution >= 0.6 is 11.3 Å². The highest BCUT2D eigenvalue weighted by molar-refractivity contribution is 7.14. The van der Waals surface area contributed by atoms with Gasteiger partial charge < -0.3 is 9.73 Å². The van der Waals surface area contributed by atoms with Crippen molar-refractivity contribution in [3.05, 3.63) is 83.0 Å². The van der Waals surface area contributed by atoms with Gasteiger partial charge in [0.05, 0.1) is 29.8 Å². The predicted octanol–water partition coefficient (Wildman–Crippen LogP) is 3.77. The third-order valence-corrected chi connectivity index (χ3v) is 5.63. The van der Waals surface area contributed by atoms with Crippen LogP contribution in [0.4, 0.5) is 5.13 Å². The van der Waals surface area contributed by atoms with Crippen LogP contribution in [0.5, 0.6) is 0 Å². The highest BCUT2D eigenvalue weighted by atomic mass is 32.1. The van der Waals surface area contributed by atoms with Gasteiger partial charge in [0.15, 0.2) is 10.9 Å². The standard InChI is InChI=1S/C23H23N5O3S/c1-16-17(14-28(27-16)19-8-3-2-4-9-19)7-5-11-24-21(29)13-18-15-32-23(25-18)26-22(30)20-10-6-12-31-20/h2-4,6,8-10,12,14-15H,5,7,11,13H2,1H3,(H,24,29)(H,25,26,30). The molecule has 0 radical (unpaired) electrons. The van der Waals surface area contributed by atoms with E-state index in [1.165, 1.54) is 23.2 Å². The Labute approximate surface area is 189 Å². The van der Waals surface area contributed by atoms with Gasteiger partial charge in [-0.1, -0.05) is 18.2 Å². The van der Waals surface area contributed by atoms with Gasteiger partial charge in [0.25, 0.3) is 5.91 Å². The maximum atomic E-state index is 12.2. The van der Waals surface area contributed by atoms with Crippen molar-refractivity contribution in [2.75, 3.05) is 11.9 Å². The van der Waals surface area contributed by atoms with Gasteiger partial charge in [-0.3, -0.25) is 14.9 Å². The van der Waals surface area contributed by atoms with Gasteiger partial charge in [0, 0.05) is 18.1 Å². The van der Waals surface area contributed by atoms with Crippen LogP contribution in [0.1, 0.15) is 33.9 Å². The van der Waals surface area contributed by atoms with Gasteiger partial charge in [-0.2, -0.15) is 5.10 Å². The number of thiazole rings is 1. The van der Waals surface area contributed by atoms with E-state index in [1.54, 1.807) is 17.5 Å². The fourth-order valence-corrected chi connectivity index (χ4v) is 3.91. The van der Waals surface area contributed by atoms with E-state index >= 15 is 0 Å². The van der Waals surface area contributed by atoms with Crippen molar-refractivity contribution in [3.63, 3.8) is 0 Å². The molecule has 0 fully saturated rings. The summed E-state index contributed by atoms with van der Waals surface area (Å²) in [5, 5.41) is 12.4. The first kappa shape index (κ1) is 21.5. The van der Waals surface area contributed by atoms with Crippen molar-refractivity contribution in [1.29, 1.82) is 0 Å². The van der Waals surface area contributed by atoms with Crippen molar-refractivity contribution in [2.45, 2.75) is 26.2 Å². The summed E-state index contributed by atoms with van der Waals surface area (Å²) < 4.78 is 6.93. The molecule has 0 atom stereocenters. The predicted molar refractivity (Wildman–Crippen MR) is 122 cm³/mol. The SMILES string of the molecule is Cc1nn(-c2ccccc2)cc1CCCNC(=O)Cc1csc(NC(=O)c2ccco2)n1. The average molecular weight is 450 g/mol. The molecule has 1 aromatic carbocycles. The monoisotopic (exact) mass is 449 g/mol. The van der Waals surface area contributed by atoms with Crippen LogP contribution in [0.15, 0.2) is 64.7 Å². The van der Waals surface area contributed by atoms with E-state index in [9.17, 15) is 9.59 Å². The molecule has 32 heavy (non-hydrogen) atoms. The van der Waals surface area contributed by atoms with Gasteiger partial charge in [0.1, 0.15) is 0 Å². The zero-order valence-electron chi connectivity index (χ0n) is 17.6. The van der Waals surface area contributed by atoms with Gasteiger partial charge in [-0.25, -0.2) is 9.67 Å². The van der Waals surface area contributed by atoms with Crippen molar-refractivity contribution in [1.82, 2.24) is 20.1 Å². The molecule has 164 valence electrons. The summed E-state index contributed by atoms with van der Waals surface area (Å²) in [5.41, 5.74) is 3.80. The molecule has 0 unspecified atom stereocenters. The van der Waals surface area contributed by atoms with E-state index in [0.717, 1.165) is 24.2 Å². The van der Waals surface area contributed by atoms with Crippen LogP contribution in [-0.4, -0.2) is 33.1 Å². The number of benzene rings is 1. The molecule has 0 bridgehead atoms. The van der Waals surface area contributed by atoms with E-state index in [1.807, 2.05) is 48.1 Å². The summed E-state index contributed by atoms with van der Waals surface area (Å²) in [5.74, 6) is -0.258. The van der Waals surface area contributed by atoms with Crippen LogP contribution in [0.25, 0.3) is 5.69 Å². The number of amides is 2. The quantitative estimate of drug-likeness (QED) is 0.379. The molecule has 0 aliphatic heterocycles. The molecule has 0 spiro atoms. The molecule has 3 aromatic heterocycles. The average Bonchev–Trinajstić information content (AvgIpc) is 3.54. The van der Waals surface area contributed by atoms with Crippen LogP contribution in [0.3, 0.4) is 0 Å². The Bertz CT molecular complexity index is 1180. The molecular weight excluding hydrogens is 426 g/mol. The third-order valence-electron chi connectivity index (χ3n) is 4.83. The molecule has 0 aliphatic carbocycles. The van der Waals surface area contributed by atoms with Crippen LogP contribution in [0.2, 0.25) is 0 Å². The summed E-state index contributed by atoms with van der Waals surface area (Å²) >= 11 is 1.27. The lowest BCUT2D eigenvalue weighted by Crippen LogP contribution is -2.26. The van der Waals surface area contributed by atoms with Crippen LogP contribution in [0, 0.1) is 6.92 Å². The summed E-state index contributed by atoms with van der Waals surface area (Å²) in [7, 11) is 0. The van der Waals surface area contributed by atoms with Crippen molar-refractivity contribution in [3.8, 4) is 5.69 Å². The minimum absolute atomic E-state index is 0.101. The van der Waals surface area contributed by atoms with Crippen molar-refractivity contribution >= 4 is 28.3 Å². The molecule has 0 aliphatic rings. The number of carbonyl (C=O) groups is 2. The normalized spacial score (nSPS) is 10.8. The van der Waals surface area contributed by atoms with Gasteiger partial charge >= 0.3 is 0 Å². The second-order valence-corrected chi connectivity index (χ2v) is 8.08. The van der Waals surface area contributed by atoms with E-state index in [0.29, 0.717) is 17.4 Å². The Balaban J connectivity index is 1.20. The number of hydrogen-bond donors (Lipinski definition) is 2. The fraction of sp³-hybridized carbons (Fsp3) is 0.217. The van der Waals surface area contributed by atoms with Crippen molar-refractivity contribution in [2.24, 2.45) is 0 Å². The molecule has 0 saturated heterocycles. The highest BCUT2D eigenvalue weighted by Crippen LogP contribution is 2.17. The molecule has 4 aromatic rings. The van der Waals surface area contributed by atoms with Gasteiger partial charge in [-0.05, 0) is 49.6 Å². The first-order valence-corrected chi connectivity index (χ1v) is 11.1. The largest absolute Gasteiger partial charge is 0.459 e. The number of aryl methyl sites for hydroxylation is 2. The number of para-hydroxylation sites is 1. The molecular formula is C23H23N5O3S.